The van der Waals surface area contributed by atoms with Crippen LogP contribution in [0.5, 0.6) is 0 Å². The SMILES string of the molecule is CCOC(=O)C1CCCC(NCCCSC)C1. The van der Waals surface area contributed by atoms with Crippen molar-refractivity contribution in [2.45, 2.75) is 45.1 Å². The summed E-state index contributed by atoms with van der Waals surface area (Å²) >= 11 is 1.89. The average Bonchev–Trinajstić information content (AvgIpc) is 2.35. The molecule has 0 amide bonds. The minimum Gasteiger partial charge on any atom is -0.466 e. The van der Waals surface area contributed by atoms with Gasteiger partial charge in [-0.2, -0.15) is 11.8 Å². The van der Waals surface area contributed by atoms with Gasteiger partial charge in [0.25, 0.3) is 0 Å². The highest BCUT2D eigenvalue weighted by Crippen LogP contribution is 2.25. The number of carbonyl (C=O) groups excluding carboxylic acids is 1. The number of nitrogens with one attached hydrogen (secondary N) is 1. The third-order valence-corrected chi connectivity index (χ3v) is 3.95. The van der Waals surface area contributed by atoms with Gasteiger partial charge in [0.05, 0.1) is 12.5 Å². The highest BCUT2D eigenvalue weighted by Gasteiger charge is 2.27. The Balaban J connectivity index is 2.21. The number of ether oxygens (including phenoxy) is 1. The third kappa shape index (κ3) is 5.77. The molecular weight excluding hydrogens is 234 g/mol. The van der Waals surface area contributed by atoms with Gasteiger partial charge in [-0.15, -0.1) is 0 Å². The van der Waals surface area contributed by atoms with Crippen molar-refractivity contribution in [1.82, 2.24) is 5.32 Å². The van der Waals surface area contributed by atoms with Crippen LogP contribution in [0.3, 0.4) is 0 Å². The van der Waals surface area contributed by atoms with Gasteiger partial charge in [-0.1, -0.05) is 6.42 Å². The smallest absolute Gasteiger partial charge is 0.308 e. The molecule has 0 aromatic heterocycles. The summed E-state index contributed by atoms with van der Waals surface area (Å²) in [6, 6.07) is 0.514. The molecular formula is C13H25NO2S. The second-order valence-corrected chi connectivity index (χ2v) is 5.60. The van der Waals surface area contributed by atoms with Crippen LogP contribution in [0.1, 0.15) is 39.0 Å². The molecule has 4 heteroatoms. The fraction of sp³-hybridized carbons (Fsp3) is 0.923. The topological polar surface area (TPSA) is 38.3 Å². The first-order chi connectivity index (χ1) is 8.27. The number of thioether (sulfide) groups is 1. The van der Waals surface area contributed by atoms with E-state index in [0.717, 1.165) is 25.8 Å². The van der Waals surface area contributed by atoms with Gasteiger partial charge in [-0.3, -0.25) is 4.79 Å². The minimum absolute atomic E-state index is 0.00288. The zero-order valence-electron chi connectivity index (χ0n) is 11.0. The third-order valence-electron chi connectivity index (χ3n) is 3.25. The highest BCUT2D eigenvalue weighted by atomic mass is 32.2. The van der Waals surface area contributed by atoms with E-state index >= 15 is 0 Å². The molecule has 0 aliphatic heterocycles. The zero-order valence-corrected chi connectivity index (χ0v) is 11.9. The number of hydrogen-bond donors (Lipinski definition) is 1. The number of esters is 1. The Morgan fingerprint density at radius 2 is 2.29 bits per heavy atom. The van der Waals surface area contributed by atoms with Crippen molar-refractivity contribution >= 4 is 17.7 Å². The van der Waals surface area contributed by atoms with Gasteiger partial charge in [0.2, 0.25) is 0 Å². The van der Waals surface area contributed by atoms with Gasteiger partial charge in [0.1, 0.15) is 0 Å². The number of hydrogen-bond acceptors (Lipinski definition) is 4. The molecule has 2 atom stereocenters. The van der Waals surface area contributed by atoms with Crippen molar-refractivity contribution in [3.05, 3.63) is 0 Å². The quantitative estimate of drug-likeness (QED) is 0.563. The van der Waals surface area contributed by atoms with Crippen molar-refractivity contribution in [2.24, 2.45) is 5.92 Å². The van der Waals surface area contributed by atoms with E-state index in [1.165, 1.54) is 18.6 Å². The first-order valence-corrected chi connectivity index (χ1v) is 8.06. The van der Waals surface area contributed by atoms with E-state index < -0.39 is 0 Å². The van der Waals surface area contributed by atoms with E-state index in [4.69, 9.17) is 4.74 Å². The number of carbonyl (C=O) groups is 1. The summed E-state index contributed by atoms with van der Waals surface area (Å²) in [6.07, 6.45) is 7.65. The maximum absolute atomic E-state index is 11.7. The fourth-order valence-corrected chi connectivity index (χ4v) is 2.81. The summed E-state index contributed by atoms with van der Waals surface area (Å²) in [4.78, 5) is 11.7. The zero-order chi connectivity index (χ0) is 12.5. The van der Waals surface area contributed by atoms with Crippen LogP contribution in [0, 0.1) is 5.92 Å². The Bertz CT molecular complexity index is 223. The minimum atomic E-state index is 0.00288. The first kappa shape index (κ1) is 14.8. The molecule has 0 spiro atoms. The molecule has 2 unspecified atom stereocenters. The monoisotopic (exact) mass is 259 g/mol. The lowest BCUT2D eigenvalue weighted by Gasteiger charge is -2.28. The van der Waals surface area contributed by atoms with Crippen molar-refractivity contribution in [2.75, 3.05) is 25.2 Å². The molecule has 1 fully saturated rings. The second kappa shape index (κ2) is 8.81. The molecule has 0 bridgehead atoms. The van der Waals surface area contributed by atoms with E-state index in [9.17, 15) is 4.79 Å². The molecule has 0 radical (unpaired) electrons. The molecule has 0 heterocycles. The maximum atomic E-state index is 11.7. The molecule has 1 aliphatic carbocycles. The Labute approximate surface area is 109 Å². The van der Waals surface area contributed by atoms with Gasteiger partial charge >= 0.3 is 5.97 Å². The molecule has 0 saturated heterocycles. The fourth-order valence-electron chi connectivity index (χ4n) is 2.37. The standard InChI is InChI=1S/C13H25NO2S/c1-3-16-13(15)11-6-4-7-12(10-11)14-8-5-9-17-2/h11-12,14H,3-10H2,1-2H3. The Hall–Kier alpha value is -0.220. The van der Waals surface area contributed by atoms with E-state index in [1.807, 2.05) is 18.7 Å². The molecule has 0 aromatic rings. The van der Waals surface area contributed by atoms with Crippen LogP contribution >= 0.6 is 11.8 Å². The normalized spacial score (nSPS) is 24.6. The molecule has 3 nitrogen and oxygen atoms in total. The van der Waals surface area contributed by atoms with Gasteiger partial charge < -0.3 is 10.1 Å². The summed E-state index contributed by atoms with van der Waals surface area (Å²) < 4.78 is 5.10. The predicted octanol–water partition coefficient (Wildman–Crippen LogP) is 2.45. The van der Waals surface area contributed by atoms with E-state index in [2.05, 4.69) is 11.6 Å². The van der Waals surface area contributed by atoms with Crippen molar-refractivity contribution in [1.29, 1.82) is 0 Å². The van der Waals surface area contributed by atoms with Crippen LogP contribution in [-0.2, 0) is 9.53 Å². The largest absolute Gasteiger partial charge is 0.466 e. The van der Waals surface area contributed by atoms with E-state index in [0.29, 0.717) is 12.6 Å². The van der Waals surface area contributed by atoms with Gasteiger partial charge in [-0.25, -0.2) is 0 Å². The van der Waals surface area contributed by atoms with Crippen LogP contribution in [-0.4, -0.2) is 37.2 Å². The van der Waals surface area contributed by atoms with E-state index in [1.54, 1.807) is 0 Å². The van der Waals surface area contributed by atoms with Crippen LogP contribution in [0.15, 0.2) is 0 Å². The van der Waals surface area contributed by atoms with Gasteiger partial charge in [0.15, 0.2) is 0 Å². The molecule has 17 heavy (non-hydrogen) atoms. The predicted molar refractivity (Wildman–Crippen MR) is 73.4 cm³/mol. The summed E-state index contributed by atoms with van der Waals surface area (Å²) in [5.74, 6) is 1.34. The lowest BCUT2D eigenvalue weighted by Crippen LogP contribution is -2.37. The first-order valence-electron chi connectivity index (χ1n) is 6.66. The maximum Gasteiger partial charge on any atom is 0.308 e. The van der Waals surface area contributed by atoms with Crippen LogP contribution < -0.4 is 5.32 Å². The van der Waals surface area contributed by atoms with Crippen molar-refractivity contribution < 1.29 is 9.53 Å². The summed E-state index contributed by atoms with van der Waals surface area (Å²) in [7, 11) is 0. The Morgan fingerprint density at radius 1 is 1.47 bits per heavy atom. The van der Waals surface area contributed by atoms with Crippen molar-refractivity contribution in [3.63, 3.8) is 0 Å². The van der Waals surface area contributed by atoms with Gasteiger partial charge in [-0.05, 0) is 51.2 Å². The van der Waals surface area contributed by atoms with Crippen LogP contribution in [0.4, 0.5) is 0 Å². The van der Waals surface area contributed by atoms with Crippen LogP contribution in [0.2, 0.25) is 0 Å². The average molecular weight is 259 g/mol. The lowest BCUT2D eigenvalue weighted by atomic mass is 9.85. The lowest BCUT2D eigenvalue weighted by molar-refractivity contribution is -0.149. The Morgan fingerprint density at radius 3 is 3.00 bits per heavy atom. The van der Waals surface area contributed by atoms with Gasteiger partial charge in [0, 0.05) is 6.04 Å². The molecule has 100 valence electrons. The Kier molecular flexibility index (Phi) is 7.69. The number of rotatable bonds is 7. The van der Waals surface area contributed by atoms with Crippen molar-refractivity contribution in [3.8, 4) is 0 Å². The van der Waals surface area contributed by atoms with Crippen LogP contribution in [0.25, 0.3) is 0 Å². The molecule has 1 saturated carbocycles. The molecule has 1 N–H and O–H groups in total. The highest BCUT2D eigenvalue weighted by molar-refractivity contribution is 7.98. The summed E-state index contributed by atoms with van der Waals surface area (Å²) in [5, 5.41) is 3.56. The summed E-state index contributed by atoms with van der Waals surface area (Å²) in [6.45, 7) is 3.45. The second-order valence-electron chi connectivity index (χ2n) is 4.61. The molecule has 1 rings (SSSR count). The van der Waals surface area contributed by atoms with E-state index in [-0.39, 0.29) is 11.9 Å². The molecule has 0 aromatic carbocycles. The molecule has 1 aliphatic rings. The summed E-state index contributed by atoms with van der Waals surface area (Å²) in [5.41, 5.74) is 0.